The van der Waals surface area contributed by atoms with E-state index in [-0.39, 0.29) is 11.9 Å². The summed E-state index contributed by atoms with van der Waals surface area (Å²) in [5.74, 6) is 0.121. The first-order valence-corrected chi connectivity index (χ1v) is 8.04. The molecule has 0 aromatic carbocycles. The number of amides is 1. The van der Waals surface area contributed by atoms with Crippen molar-refractivity contribution in [3.8, 4) is 0 Å². The van der Waals surface area contributed by atoms with Crippen LogP contribution in [0.3, 0.4) is 0 Å². The third kappa shape index (κ3) is 3.30. The van der Waals surface area contributed by atoms with Crippen LogP contribution in [0.25, 0.3) is 0 Å². The molecule has 1 aliphatic rings. The summed E-state index contributed by atoms with van der Waals surface area (Å²) in [7, 11) is 0. The van der Waals surface area contributed by atoms with Crippen LogP contribution in [0.5, 0.6) is 0 Å². The first-order chi connectivity index (χ1) is 10.2. The molecule has 0 bridgehead atoms. The maximum absolute atomic E-state index is 12.4. The van der Waals surface area contributed by atoms with E-state index >= 15 is 0 Å². The van der Waals surface area contributed by atoms with Gasteiger partial charge in [-0.1, -0.05) is 0 Å². The summed E-state index contributed by atoms with van der Waals surface area (Å²) in [5, 5.41) is 8.34. The average molecular weight is 305 g/mol. The van der Waals surface area contributed by atoms with Gasteiger partial charge in [0.2, 0.25) is 5.91 Å². The average Bonchev–Trinajstić information content (AvgIpc) is 3.20. The number of hydrogen-bond acceptors (Lipinski definition) is 5. The summed E-state index contributed by atoms with van der Waals surface area (Å²) < 4.78 is 1.61. The van der Waals surface area contributed by atoms with E-state index in [0.29, 0.717) is 0 Å². The van der Waals surface area contributed by atoms with Crippen LogP contribution >= 0.6 is 11.3 Å². The van der Waals surface area contributed by atoms with Gasteiger partial charge in [0, 0.05) is 32.7 Å². The quantitative estimate of drug-likeness (QED) is 0.853. The summed E-state index contributed by atoms with van der Waals surface area (Å²) in [5.41, 5.74) is 1.36. The molecule has 0 unspecified atom stereocenters. The minimum atomic E-state index is -0.282. The first-order valence-electron chi connectivity index (χ1n) is 7.10. The minimum absolute atomic E-state index is 0.121. The molecule has 1 atom stereocenters. The second kappa shape index (κ2) is 6.36. The number of rotatable bonds is 4. The number of carbonyl (C=O) groups excluding carboxylic acids is 1. The minimum Gasteiger partial charge on any atom is -0.338 e. The molecule has 21 heavy (non-hydrogen) atoms. The van der Waals surface area contributed by atoms with Crippen molar-refractivity contribution in [1.82, 2.24) is 24.6 Å². The molecule has 1 amide bonds. The number of aromatic nitrogens is 3. The Labute approximate surface area is 128 Å². The molecular formula is C14H19N5OS. The summed E-state index contributed by atoms with van der Waals surface area (Å²) in [6.45, 7) is 6.25. The van der Waals surface area contributed by atoms with Gasteiger partial charge >= 0.3 is 0 Å². The van der Waals surface area contributed by atoms with E-state index < -0.39 is 0 Å². The van der Waals surface area contributed by atoms with Crippen LogP contribution in [0.15, 0.2) is 29.5 Å². The summed E-state index contributed by atoms with van der Waals surface area (Å²) in [6.07, 6.45) is 3.05. The van der Waals surface area contributed by atoms with E-state index in [1.807, 2.05) is 11.8 Å². The molecule has 2 aromatic rings. The van der Waals surface area contributed by atoms with Crippen LogP contribution < -0.4 is 0 Å². The maximum atomic E-state index is 12.4. The maximum Gasteiger partial charge on any atom is 0.247 e. The van der Waals surface area contributed by atoms with Crippen LogP contribution in [-0.2, 0) is 11.3 Å². The van der Waals surface area contributed by atoms with Gasteiger partial charge in [0.1, 0.15) is 18.7 Å². The second-order valence-electron chi connectivity index (χ2n) is 5.28. The zero-order valence-electron chi connectivity index (χ0n) is 12.1. The molecule has 1 fully saturated rings. The third-order valence-corrected chi connectivity index (χ3v) is 4.59. The van der Waals surface area contributed by atoms with Crippen LogP contribution in [0.1, 0.15) is 18.5 Å². The Balaban J connectivity index is 1.52. The Bertz CT molecular complexity index is 560. The number of nitrogens with zero attached hydrogens (tertiary/aromatic N) is 5. The molecule has 112 valence electrons. The van der Waals surface area contributed by atoms with Gasteiger partial charge in [0.05, 0.1) is 0 Å². The molecule has 1 aliphatic heterocycles. The topological polar surface area (TPSA) is 54.3 Å². The van der Waals surface area contributed by atoms with Gasteiger partial charge in [-0.25, -0.2) is 9.67 Å². The first kappa shape index (κ1) is 14.2. The van der Waals surface area contributed by atoms with Crippen molar-refractivity contribution in [2.75, 3.05) is 26.2 Å². The highest BCUT2D eigenvalue weighted by atomic mass is 32.1. The normalized spacial score (nSPS) is 17.9. The summed E-state index contributed by atoms with van der Waals surface area (Å²) >= 11 is 1.73. The Morgan fingerprint density at radius 1 is 1.38 bits per heavy atom. The van der Waals surface area contributed by atoms with Gasteiger partial charge in [-0.2, -0.15) is 16.4 Å². The zero-order valence-corrected chi connectivity index (χ0v) is 12.9. The fourth-order valence-corrected chi connectivity index (χ4v) is 3.22. The molecular weight excluding hydrogens is 286 g/mol. The molecule has 2 aromatic heterocycles. The molecule has 0 radical (unpaired) electrons. The lowest BCUT2D eigenvalue weighted by Gasteiger charge is -2.35. The predicted molar refractivity (Wildman–Crippen MR) is 80.9 cm³/mol. The zero-order chi connectivity index (χ0) is 14.7. The molecule has 0 spiro atoms. The smallest absolute Gasteiger partial charge is 0.247 e. The van der Waals surface area contributed by atoms with Crippen molar-refractivity contribution in [2.45, 2.75) is 19.5 Å². The van der Waals surface area contributed by atoms with Gasteiger partial charge in [0.15, 0.2) is 0 Å². The predicted octanol–water partition coefficient (Wildman–Crippen LogP) is 1.25. The van der Waals surface area contributed by atoms with Crippen molar-refractivity contribution >= 4 is 17.2 Å². The van der Waals surface area contributed by atoms with E-state index in [2.05, 4.69) is 31.8 Å². The molecule has 6 nitrogen and oxygen atoms in total. The van der Waals surface area contributed by atoms with E-state index in [1.54, 1.807) is 22.3 Å². The van der Waals surface area contributed by atoms with Gasteiger partial charge in [-0.3, -0.25) is 9.69 Å². The van der Waals surface area contributed by atoms with Gasteiger partial charge in [0.25, 0.3) is 0 Å². The number of thiophene rings is 1. The van der Waals surface area contributed by atoms with Crippen LogP contribution in [0, 0.1) is 0 Å². The van der Waals surface area contributed by atoms with E-state index in [4.69, 9.17) is 0 Å². The molecule has 7 heteroatoms. The Hall–Kier alpha value is -1.73. The van der Waals surface area contributed by atoms with Crippen molar-refractivity contribution in [1.29, 1.82) is 0 Å². The SMILES string of the molecule is C[C@H](C(=O)N1CCN(Cc2ccsc2)CC1)n1cncn1. The van der Waals surface area contributed by atoms with E-state index in [0.717, 1.165) is 32.7 Å². The van der Waals surface area contributed by atoms with Crippen molar-refractivity contribution in [3.05, 3.63) is 35.0 Å². The highest BCUT2D eigenvalue weighted by Crippen LogP contribution is 2.14. The summed E-state index contributed by atoms with van der Waals surface area (Å²) in [4.78, 5) is 20.7. The lowest BCUT2D eigenvalue weighted by atomic mass is 10.2. The molecule has 3 heterocycles. The van der Waals surface area contributed by atoms with Gasteiger partial charge < -0.3 is 4.90 Å². The van der Waals surface area contributed by atoms with Crippen molar-refractivity contribution < 1.29 is 4.79 Å². The molecule has 0 saturated carbocycles. The molecule has 0 aliphatic carbocycles. The lowest BCUT2D eigenvalue weighted by molar-refractivity contribution is -0.136. The Morgan fingerprint density at radius 3 is 2.81 bits per heavy atom. The van der Waals surface area contributed by atoms with Gasteiger partial charge in [-0.05, 0) is 29.3 Å². The van der Waals surface area contributed by atoms with E-state index in [1.165, 1.54) is 11.9 Å². The van der Waals surface area contributed by atoms with Crippen LogP contribution in [-0.4, -0.2) is 56.7 Å². The second-order valence-corrected chi connectivity index (χ2v) is 6.06. The van der Waals surface area contributed by atoms with Crippen molar-refractivity contribution in [2.24, 2.45) is 0 Å². The molecule has 1 saturated heterocycles. The Kier molecular flexibility index (Phi) is 4.31. The largest absolute Gasteiger partial charge is 0.338 e. The van der Waals surface area contributed by atoms with Gasteiger partial charge in [-0.15, -0.1) is 0 Å². The molecule has 0 N–H and O–H groups in total. The number of carbonyl (C=O) groups is 1. The third-order valence-electron chi connectivity index (χ3n) is 3.86. The Morgan fingerprint density at radius 2 is 2.19 bits per heavy atom. The molecule has 3 rings (SSSR count). The van der Waals surface area contributed by atoms with Crippen LogP contribution in [0.4, 0.5) is 0 Å². The fourth-order valence-electron chi connectivity index (χ4n) is 2.56. The fraction of sp³-hybridized carbons (Fsp3) is 0.500. The monoisotopic (exact) mass is 305 g/mol. The lowest BCUT2D eigenvalue weighted by Crippen LogP contribution is -2.49. The van der Waals surface area contributed by atoms with Crippen LogP contribution in [0.2, 0.25) is 0 Å². The summed E-state index contributed by atoms with van der Waals surface area (Å²) in [6, 6.07) is 1.88. The van der Waals surface area contributed by atoms with Crippen molar-refractivity contribution in [3.63, 3.8) is 0 Å². The highest BCUT2D eigenvalue weighted by Gasteiger charge is 2.26. The van der Waals surface area contributed by atoms with E-state index in [9.17, 15) is 4.79 Å². The standard InChI is InChI=1S/C14H19N5OS/c1-12(19-11-15-10-16-19)14(20)18-5-3-17(4-6-18)8-13-2-7-21-9-13/h2,7,9-12H,3-6,8H2,1H3/t12-/m1/s1. The number of piperazine rings is 1. The highest BCUT2D eigenvalue weighted by molar-refractivity contribution is 7.07. The number of hydrogen-bond donors (Lipinski definition) is 0.